The molecule has 0 spiro atoms. The molecule has 2 bridgehead atoms. The predicted molar refractivity (Wildman–Crippen MR) is 82.5 cm³/mol. The Labute approximate surface area is 133 Å². The minimum Gasteiger partial charge on any atom is -0.458 e. The number of carbonyl (C=O) groups is 1. The minimum atomic E-state index is -0.552. The predicted octanol–water partition coefficient (Wildman–Crippen LogP) is 4.96. The molecule has 2 nitrogen and oxygen atoms in total. The van der Waals surface area contributed by atoms with Gasteiger partial charge in [0.05, 0.1) is 10.0 Å². The van der Waals surface area contributed by atoms with Crippen LogP contribution >= 0.6 is 15.9 Å². The third-order valence-electron chi connectivity index (χ3n) is 6.13. The molecule has 3 atom stereocenters. The van der Waals surface area contributed by atoms with Crippen molar-refractivity contribution in [2.45, 2.75) is 46.1 Å². The van der Waals surface area contributed by atoms with Crippen molar-refractivity contribution in [1.82, 2.24) is 0 Å². The summed E-state index contributed by atoms with van der Waals surface area (Å²) in [6.45, 7) is 6.73. The maximum Gasteiger partial charge on any atom is 0.341 e. The fourth-order valence-electron chi connectivity index (χ4n) is 4.16. The van der Waals surface area contributed by atoms with Gasteiger partial charge < -0.3 is 4.74 Å². The minimum absolute atomic E-state index is 0.00415. The van der Waals surface area contributed by atoms with Crippen molar-refractivity contribution in [1.29, 1.82) is 0 Å². The topological polar surface area (TPSA) is 26.3 Å². The largest absolute Gasteiger partial charge is 0.458 e. The summed E-state index contributed by atoms with van der Waals surface area (Å²) >= 11 is 3.11. The van der Waals surface area contributed by atoms with E-state index in [2.05, 4.69) is 36.7 Å². The molecule has 1 aromatic carbocycles. The third-order valence-corrected chi connectivity index (χ3v) is 6.75. The Morgan fingerprint density at radius 2 is 2.10 bits per heavy atom. The van der Waals surface area contributed by atoms with E-state index in [-0.39, 0.29) is 27.0 Å². The van der Waals surface area contributed by atoms with Crippen LogP contribution in [0.1, 0.15) is 50.4 Å². The lowest BCUT2D eigenvalue weighted by molar-refractivity contribution is -0.0245. The normalized spacial score (nSPS) is 33.2. The molecule has 0 saturated heterocycles. The first-order valence-corrected chi connectivity index (χ1v) is 8.21. The molecule has 0 aromatic heterocycles. The Bertz CT molecular complexity index is 598. The molecular formula is C17H20BrFO2. The van der Waals surface area contributed by atoms with Crippen LogP contribution in [0.2, 0.25) is 0 Å². The van der Waals surface area contributed by atoms with Crippen molar-refractivity contribution in [3.8, 4) is 0 Å². The molecule has 2 aliphatic carbocycles. The zero-order valence-corrected chi connectivity index (χ0v) is 14.2. The van der Waals surface area contributed by atoms with E-state index in [9.17, 15) is 9.18 Å². The van der Waals surface area contributed by atoms with Gasteiger partial charge in [0.1, 0.15) is 6.10 Å². The van der Waals surface area contributed by atoms with Gasteiger partial charge in [0.2, 0.25) is 0 Å². The van der Waals surface area contributed by atoms with Gasteiger partial charge in [0.25, 0.3) is 0 Å². The van der Waals surface area contributed by atoms with Crippen LogP contribution in [0.25, 0.3) is 0 Å². The third kappa shape index (κ3) is 2.06. The van der Waals surface area contributed by atoms with E-state index in [0.29, 0.717) is 5.92 Å². The first kappa shape index (κ1) is 15.0. The van der Waals surface area contributed by atoms with Crippen LogP contribution in [0.15, 0.2) is 22.7 Å². The Morgan fingerprint density at radius 3 is 2.67 bits per heavy atom. The SMILES string of the molecule is CC1(C)C2CCC1(C)C(OC(=O)c1cccc(Br)c1F)C2. The van der Waals surface area contributed by atoms with Crippen molar-refractivity contribution < 1.29 is 13.9 Å². The molecule has 0 radical (unpaired) electrons. The molecule has 0 N–H and O–H groups in total. The quantitative estimate of drug-likeness (QED) is 0.701. The van der Waals surface area contributed by atoms with Crippen LogP contribution in [-0.2, 0) is 4.74 Å². The van der Waals surface area contributed by atoms with Gasteiger partial charge in [-0.15, -0.1) is 0 Å². The molecular weight excluding hydrogens is 335 g/mol. The van der Waals surface area contributed by atoms with E-state index in [1.807, 2.05) is 0 Å². The molecule has 2 saturated carbocycles. The van der Waals surface area contributed by atoms with Crippen LogP contribution in [0.5, 0.6) is 0 Å². The lowest BCUT2D eigenvalue weighted by Crippen LogP contribution is -2.38. The molecule has 4 heteroatoms. The molecule has 2 aliphatic rings. The first-order valence-electron chi connectivity index (χ1n) is 7.42. The number of ether oxygens (including phenoxy) is 1. The molecule has 0 heterocycles. The Balaban J connectivity index is 1.82. The highest BCUT2D eigenvalue weighted by molar-refractivity contribution is 9.10. The van der Waals surface area contributed by atoms with Gasteiger partial charge in [-0.05, 0) is 58.7 Å². The Kier molecular flexibility index (Phi) is 3.43. The maximum atomic E-state index is 14.0. The summed E-state index contributed by atoms with van der Waals surface area (Å²) in [5.41, 5.74) is 0.178. The van der Waals surface area contributed by atoms with E-state index in [0.717, 1.165) is 12.8 Å². The number of rotatable bonds is 2. The summed E-state index contributed by atoms with van der Waals surface area (Å²) in [6.07, 6.45) is 3.05. The zero-order chi connectivity index (χ0) is 15.4. The molecule has 0 aliphatic heterocycles. The Hall–Kier alpha value is -0.900. The number of esters is 1. The molecule has 114 valence electrons. The fraction of sp³-hybridized carbons (Fsp3) is 0.588. The van der Waals surface area contributed by atoms with Crippen molar-refractivity contribution in [2.75, 3.05) is 0 Å². The van der Waals surface area contributed by atoms with Crippen LogP contribution in [-0.4, -0.2) is 12.1 Å². The second-order valence-corrected chi connectivity index (χ2v) is 7.96. The van der Waals surface area contributed by atoms with E-state index >= 15 is 0 Å². The summed E-state index contributed by atoms with van der Waals surface area (Å²) in [4.78, 5) is 12.3. The van der Waals surface area contributed by atoms with Gasteiger partial charge >= 0.3 is 5.97 Å². The van der Waals surface area contributed by atoms with Crippen LogP contribution in [0.4, 0.5) is 4.39 Å². The van der Waals surface area contributed by atoms with Crippen molar-refractivity contribution in [3.05, 3.63) is 34.1 Å². The van der Waals surface area contributed by atoms with E-state index in [4.69, 9.17) is 4.74 Å². The fourth-order valence-corrected chi connectivity index (χ4v) is 4.53. The molecule has 2 fully saturated rings. The molecule has 3 unspecified atom stereocenters. The number of fused-ring (bicyclic) bond motifs is 2. The summed E-state index contributed by atoms with van der Waals surface area (Å²) in [6, 6.07) is 4.70. The van der Waals surface area contributed by atoms with Gasteiger partial charge in [-0.25, -0.2) is 9.18 Å². The highest BCUT2D eigenvalue weighted by atomic mass is 79.9. The Morgan fingerprint density at radius 1 is 1.38 bits per heavy atom. The first-order chi connectivity index (χ1) is 9.77. The van der Waals surface area contributed by atoms with Crippen molar-refractivity contribution in [3.63, 3.8) is 0 Å². The zero-order valence-electron chi connectivity index (χ0n) is 12.6. The second kappa shape index (κ2) is 4.80. The summed E-state index contributed by atoms with van der Waals surface area (Å²) in [7, 11) is 0. The highest BCUT2D eigenvalue weighted by Crippen LogP contribution is 2.66. The monoisotopic (exact) mass is 354 g/mol. The molecule has 0 amide bonds. The van der Waals surface area contributed by atoms with Crippen LogP contribution in [0.3, 0.4) is 0 Å². The van der Waals surface area contributed by atoms with Gasteiger partial charge in [-0.1, -0.05) is 26.8 Å². The summed E-state index contributed by atoms with van der Waals surface area (Å²) < 4.78 is 20.0. The average Bonchev–Trinajstić information content (AvgIpc) is 2.75. The number of carbonyl (C=O) groups excluding carboxylic acids is 1. The highest BCUT2D eigenvalue weighted by Gasteiger charge is 2.62. The second-order valence-electron chi connectivity index (χ2n) is 7.11. The number of hydrogen-bond acceptors (Lipinski definition) is 2. The average molecular weight is 355 g/mol. The molecule has 3 rings (SSSR count). The van der Waals surface area contributed by atoms with Gasteiger partial charge in [-0.2, -0.15) is 0 Å². The maximum absolute atomic E-state index is 14.0. The molecule has 21 heavy (non-hydrogen) atoms. The smallest absolute Gasteiger partial charge is 0.341 e. The van der Waals surface area contributed by atoms with Crippen molar-refractivity contribution in [2.24, 2.45) is 16.7 Å². The van der Waals surface area contributed by atoms with Gasteiger partial charge in [-0.3, -0.25) is 0 Å². The molecule has 1 aromatic rings. The van der Waals surface area contributed by atoms with E-state index < -0.39 is 11.8 Å². The number of hydrogen-bond donors (Lipinski definition) is 0. The van der Waals surface area contributed by atoms with Gasteiger partial charge in [0.15, 0.2) is 5.82 Å². The standard InChI is InChI=1S/C17H20BrFO2/c1-16(2)10-7-8-17(16,3)13(9-10)21-15(20)11-5-4-6-12(18)14(11)19/h4-6,10,13H,7-9H2,1-3H3. The van der Waals surface area contributed by atoms with E-state index in [1.54, 1.807) is 12.1 Å². The van der Waals surface area contributed by atoms with E-state index in [1.165, 1.54) is 12.5 Å². The van der Waals surface area contributed by atoms with Crippen LogP contribution in [0, 0.1) is 22.6 Å². The lowest BCUT2D eigenvalue weighted by Gasteiger charge is -2.38. The summed E-state index contributed by atoms with van der Waals surface area (Å²) in [5.74, 6) is -0.508. The lowest BCUT2D eigenvalue weighted by atomic mass is 9.70. The number of halogens is 2. The van der Waals surface area contributed by atoms with Crippen molar-refractivity contribution >= 4 is 21.9 Å². The number of benzene rings is 1. The van der Waals surface area contributed by atoms with Gasteiger partial charge in [0, 0.05) is 5.41 Å². The summed E-state index contributed by atoms with van der Waals surface area (Å²) in [5, 5.41) is 0. The van der Waals surface area contributed by atoms with Crippen LogP contribution < -0.4 is 0 Å².